The van der Waals surface area contributed by atoms with Gasteiger partial charge in [-0.15, -0.1) is 0 Å². The number of sulfonamides is 1. The van der Waals surface area contributed by atoms with Gasteiger partial charge in [0.15, 0.2) is 6.29 Å². The van der Waals surface area contributed by atoms with E-state index in [4.69, 9.17) is 21.1 Å². The van der Waals surface area contributed by atoms with E-state index in [0.717, 1.165) is 6.42 Å². The van der Waals surface area contributed by atoms with Gasteiger partial charge in [-0.05, 0) is 24.1 Å². The van der Waals surface area contributed by atoms with Crippen molar-refractivity contribution in [3.63, 3.8) is 0 Å². The maximum Gasteiger partial charge on any atom is 0.215 e. The molecule has 7 heteroatoms. The predicted octanol–water partition coefficient (Wildman–Crippen LogP) is 1.91. The first-order valence-electron chi connectivity index (χ1n) is 6.50. The maximum atomic E-state index is 11.9. The predicted molar refractivity (Wildman–Crippen MR) is 77.0 cm³/mol. The molecule has 0 spiro atoms. The van der Waals surface area contributed by atoms with Gasteiger partial charge in [0.2, 0.25) is 10.0 Å². The first-order chi connectivity index (χ1) is 9.55. The van der Waals surface area contributed by atoms with Crippen LogP contribution in [0.25, 0.3) is 0 Å². The standard InChI is InChI=1S/C13H18ClNO4S/c14-12-4-2-11(3-5-12)10-20(16,17)15-7-6-13-18-8-1-9-19-13/h2-5,13,15H,1,6-10H2. The molecule has 1 aromatic rings. The highest BCUT2D eigenvalue weighted by Gasteiger charge is 2.16. The summed E-state index contributed by atoms with van der Waals surface area (Å²) in [7, 11) is -3.35. The second kappa shape index (κ2) is 7.38. The minimum absolute atomic E-state index is 0.0590. The first kappa shape index (κ1) is 15.7. The number of benzene rings is 1. The Morgan fingerprint density at radius 3 is 2.50 bits per heavy atom. The van der Waals surface area contributed by atoms with Gasteiger partial charge in [0, 0.05) is 18.0 Å². The molecule has 112 valence electrons. The van der Waals surface area contributed by atoms with Crippen molar-refractivity contribution >= 4 is 21.6 Å². The van der Waals surface area contributed by atoms with Gasteiger partial charge >= 0.3 is 0 Å². The lowest BCUT2D eigenvalue weighted by atomic mass is 10.2. The average molecular weight is 320 g/mol. The van der Waals surface area contributed by atoms with Crippen LogP contribution in [0.15, 0.2) is 24.3 Å². The normalized spacial score (nSPS) is 17.2. The molecule has 0 unspecified atom stereocenters. The van der Waals surface area contributed by atoms with Crippen molar-refractivity contribution in [2.75, 3.05) is 19.8 Å². The summed E-state index contributed by atoms with van der Waals surface area (Å²) < 4.78 is 37.1. The molecule has 0 aliphatic carbocycles. The van der Waals surface area contributed by atoms with Crippen molar-refractivity contribution in [1.82, 2.24) is 4.72 Å². The van der Waals surface area contributed by atoms with Crippen molar-refractivity contribution in [3.8, 4) is 0 Å². The Morgan fingerprint density at radius 2 is 1.85 bits per heavy atom. The van der Waals surface area contributed by atoms with Crippen LogP contribution in [0.4, 0.5) is 0 Å². The number of ether oxygens (including phenoxy) is 2. The van der Waals surface area contributed by atoms with Gasteiger partial charge in [-0.1, -0.05) is 23.7 Å². The van der Waals surface area contributed by atoms with E-state index in [9.17, 15) is 8.42 Å². The number of rotatable bonds is 6. The molecular formula is C13H18ClNO4S. The molecule has 0 radical (unpaired) electrons. The molecule has 1 saturated heterocycles. The lowest BCUT2D eigenvalue weighted by Gasteiger charge is -2.23. The lowest BCUT2D eigenvalue weighted by Crippen LogP contribution is -2.32. The zero-order chi connectivity index (χ0) is 14.4. The molecule has 0 amide bonds. The highest BCUT2D eigenvalue weighted by Crippen LogP contribution is 2.12. The van der Waals surface area contributed by atoms with Crippen LogP contribution in [-0.4, -0.2) is 34.5 Å². The summed E-state index contributed by atoms with van der Waals surface area (Å²) in [5.74, 6) is -0.0590. The van der Waals surface area contributed by atoms with Gasteiger partial charge in [0.05, 0.1) is 19.0 Å². The van der Waals surface area contributed by atoms with Crippen molar-refractivity contribution in [2.45, 2.75) is 24.9 Å². The molecule has 20 heavy (non-hydrogen) atoms. The second-order valence-corrected chi connectivity index (χ2v) is 6.84. The van der Waals surface area contributed by atoms with Crippen molar-refractivity contribution in [1.29, 1.82) is 0 Å². The molecule has 0 aromatic heterocycles. The summed E-state index contributed by atoms with van der Waals surface area (Å²) in [6.45, 7) is 1.64. The number of hydrogen-bond acceptors (Lipinski definition) is 4. The summed E-state index contributed by atoms with van der Waals surface area (Å²) in [5, 5.41) is 0.589. The van der Waals surface area contributed by atoms with E-state index in [-0.39, 0.29) is 12.0 Å². The smallest absolute Gasteiger partial charge is 0.215 e. The minimum Gasteiger partial charge on any atom is -0.353 e. The zero-order valence-corrected chi connectivity index (χ0v) is 12.6. The van der Waals surface area contributed by atoms with E-state index in [1.807, 2.05) is 0 Å². The van der Waals surface area contributed by atoms with E-state index in [1.54, 1.807) is 24.3 Å². The van der Waals surface area contributed by atoms with E-state index < -0.39 is 10.0 Å². The minimum atomic E-state index is -3.35. The number of halogens is 1. The first-order valence-corrected chi connectivity index (χ1v) is 8.53. The van der Waals surface area contributed by atoms with Crippen LogP contribution in [0.2, 0.25) is 5.02 Å². The van der Waals surface area contributed by atoms with Crippen LogP contribution >= 0.6 is 11.6 Å². The summed E-state index contributed by atoms with van der Waals surface area (Å²) in [6, 6.07) is 6.76. The average Bonchev–Trinajstić information content (AvgIpc) is 2.42. The Hall–Kier alpha value is -0.660. The fraction of sp³-hybridized carbons (Fsp3) is 0.538. The monoisotopic (exact) mass is 319 g/mol. The van der Waals surface area contributed by atoms with Crippen LogP contribution < -0.4 is 4.72 Å². The molecule has 0 saturated carbocycles. The quantitative estimate of drug-likeness (QED) is 0.870. The van der Waals surface area contributed by atoms with Crippen molar-refractivity contribution < 1.29 is 17.9 Å². The molecule has 1 aromatic carbocycles. The van der Waals surface area contributed by atoms with Gasteiger partial charge in [-0.3, -0.25) is 0 Å². The molecule has 0 bridgehead atoms. The Morgan fingerprint density at radius 1 is 1.20 bits per heavy atom. The van der Waals surface area contributed by atoms with E-state index in [2.05, 4.69) is 4.72 Å². The molecule has 1 heterocycles. The summed E-state index contributed by atoms with van der Waals surface area (Å²) in [5.41, 5.74) is 0.701. The second-order valence-electron chi connectivity index (χ2n) is 4.59. The topological polar surface area (TPSA) is 64.6 Å². The van der Waals surface area contributed by atoms with Gasteiger partial charge < -0.3 is 9.47 Å². The van der Waals surface area contributed by atoms with Crippen LogP contribution in [0.5, 0.6) is 0 Å². The van der Waals surface area contributed by atoms with E-state index >= 15 is 0 Å². The molecule has 2 rings (SSSR count). The number of hydrogen-bond donors (Lipinski definition) is 1. The van der Waals surface area contributed by atoms with Crippen LogP contribution in [0.1, 0.15) is 18.4 Å². The van der Waals surface area contributed by atoms with E-state index in [1.165, 1.54) is 0 Å². The third-order valence-electron chi connectivity index (χ3n) is 2.87. The van der Waals surface area contributed by atoms with Gasteiger partial charge in [-0.2, -0.15) is 0 Å². The SMILES string of the molecule is O=S(=O)(Cc1ccc(Cl)cc1)NCCC1OCCCO1. The Balaban J connectivity index is 1.77. The molecule has 5 nitrogen and oxygen atoms in total. The Bertz CT molecular complexity index is 512. The highest BCUT2D eigenvalue weighted by atomic mass is 35.5. The lowest BCUT2D eigenvalue weighted by molar-refractivity contribution is -0.180. The van der Waals surface area contributed by atoms with Crippen LogP contribution in [-0.2, 0) is 25.2 Å². The summed E-state index contributed by atoms with van der Waals surface area (Å²) in [6.07, 6.45) is 1.10. The van der Waals surface area contributed by atoms with Crippen molar-refractivity contribution in [3.05, 3.63) is 34.9 Å². The summed E-state index contributed by atoms with van der Waals surface area (Å²) >= 11 is 5.76. The van der Waals surface area contributed by atoms with Crippen LogP contribution in [0, 0.1) is 0 Å². The zero-order valence-electron chi connectivity index (χ0n) is 11.0. The fourth-order valence-corrected chi connectivity index (χ4v) is 3.17. The summed E-state index contributed by atoms with van der Waals surface area (Å²) in [4.78, 5) is 0. The molecule has 1 aliphatic heterocycles. The van der Waals surface area contributed by atoms with Gasteiger partial charge in [-0.25, -0.2) is 13.1 Å². The Labute approximate surface area is 124 Å². The Kier molecular flexibility index (Phi) is 5.80. The van der Waals surface area contributed by atoms with Crippen molar-refractivity contribution in [2.24, 2.45) is 0 Å². The molecule has 1 N–H and O–H groups in total. The largest absolute Gasteiger partial charge is 0.353 e. The third-order valence-corrected chi connectivity index (χ3v) is 4.48. The third kappa shape index (κ3) is 5.38. The maximum absolute atomic E-state index is 11.9. The molecular weight excluding hydrogens is 302 g/mol. The van der Waals surface area contributed by atoms with E-state index in [0.29, 0.717) is 36.8 Å². The van der Waals surface area contributed by atoms with Gasteiger partial charge in [0.25, 0.3) is 0 Å². The van der Waals surface area contributed by atoms with Crippen LogP contribution in [0.3, 0.4) is 0 Å². The number of nitrogens with one attached hydrogen (secondary N) is 1. The molecule has 1 aliphatic rings. The van der Waals surface area contributed by atoms with Gasteiger partial charge in [0.1, 0.15) is 0 Å². The fourth-order valence-electron chi connectivity index (χ4n) is 1.89. The highest BCUT2D eigenvalue weighted by molar-refractivity contribution is 7.88. The molecule has 0 atom stereocenters. The molecule has 1 fully saturated rings.